The van der Waals surface area contributed by atoms with Gasteiger partial charge in [0.25, 0.3) is 0 Å². The minimum atomic E-state index is 0.335. The first kappa shape index (κ1) is 13.6. The maximum atomic E-state index is 6.06. The second-order valence-corrected chi connectivity index (χ2v) is 6.03. The fraction of sp³-hybridized carbons (Fsp3) is 0.800. The summed E-state index contributed by atoms with van der Waals surface area (Å²) < 4.78 is 2.19. The highest BCUT2D eigenvalue weighted by Gasteiger charge is 2.17. The molecule has 0 bridgehead atoms. The number of hydrogen-bond acceptors (Lipinski definition) is 2. The van der Waals surface area contributed by atoms with Crippen molar-refractivity contribution in [2.45, 2.75) is 70.9 Å². The largest absolute Gasteiger partial charge is 0.327 e. The van der Waals surface area contributed by atoms with Crippen molar-refractivity contribution in [1.29, 1.82) is 0 Å². The van der Waals surface area contributed by atoms with Crippen molar-refractivity contribution in [2.24, 2.45) is 11.7 Å². The van der Waals surface area contributed by atoms with Gasteiger partial charge in [-0.1, -0.05) is 26.7 Å². The molecule has 1 unspecified atom stereocenters. The van der Waals surface area contributed by atoms with Crippen LogP contribution in [0, 0.1) is 5.92 Å². The third-order valence-electron chi connectivity index (χ3n) is 4.19. The number of nitrogens with two attached hydrogens (primary N) is 1. The van der Waals surface area contributed by atoms with Gasteiger partial charge in [0.2, 0.25) is 0 Å². The van der Waals surface area contributed by atoms with E-state index in [9.17, 15) is 0 Å². The smallest absolute Gasteiger partial charge is 0.0624 e. The lowest BCUT2D eigenvalue weighted by molar-refractivity contribution is 0.444. The fourth-order valence-corrected chi connectivity index (χ4v) is 2.74. The van der Waals surface area contributed by atoms with Crippen molar-refractivity contribution in [1.82, 2.24) is 9.78 Å². The zero-order chi connectivity index (χ0) is 13.0. The van der Waals surface area contributed by atoms with Gasteiger partial charge in [0.15, 0.2) is 0 Å². The first-order chi connectivity index (χ1) is 8.66. The van der Waals surface area contributed by atoms with Gasteiger partial charge in [-0.2, -0.15) is 5.10 Å². The van der Waals surface area contributed by atoms with Gasteiger partial charge < -0.3 is 5.73 Å². The molecule has 18 heavy (non-hydrogen) atoms. The Kier molecular flexibility index (Phi) is 4.81. The van der Waals surface area contributed by atoms with E-state index in [4.69, 9.17) is 10.8 Å². The van der Waals surface area contributed by atoms with E-state index in [0.29, 0.717) is 18.0 Å². The molecule has 0 saturated heterocycles. The van der Waals surface area contributed by atoms with E-state index in [1.54, 1.807) is 0 Å². The molecule has 1 aromatic heterocycles. The maximum absolute atomic E-state index is 6.06. The quantitative estimate of drug-likeness (QED) is 0.840. The Hall–Kier alpha value is -0.830. The van der Waals surface area contributed by atoms with Crippen LogP contribution in [0.4, 0.5) is 0 Å². The molecule has 0 aromatic carbocycles. The monoisotopic (exact) mass is 249 g/mol. The van der Waals surface area contributed by atoms with Crippen molar-refractivity contribution in [3.8, 4) is 0 Å². The van der Waals surface area contributed by atoms with E-state index >= 15 is 0 Å². The topological polar surface area (TPSA) is 43.8 Å². The molecule has 0 radical (unpaired) electrons. The molecule has 2 rings (SSSR count). The van der Waals surface area contributed by atoms with Gasteiger partial charge in [-0.15, -0.1) is 0 Å². The maximum Gasteiger partial charge on any atom is 0.0624 e. The number of hydrogen-bond donors (Lipinski definition) is 1. The molecule has 1 fully saturated rings. The highest BCUT2D eigenvalue weighted by molar-refractivity contribution is 5.00. The predicted molar refractivity (Wildman–Crippen MR) is 75.5 cm³/mol. The zero-order valence-electron chi connectivity index (χ0n) is 11.8. The van der Waals surface area contributed by atoms with Crippen LogP contribution in [0.1, 0.15) is 64.1 Å². The van der Waals surface area contributed by atoms with E-state index in [1.807, 2.05) is 0 Å². The first-order valence-electron chi connectivity index (χ1n) is 7.46. The fourth-order valence-electron chi connectivity index (χ4n) is 2.74. The predicted octanol–water partition coefficient (Wildman–Crippen LogP) is 3.30. The zero-order valence-corrected chi connectivity index (χ0v) is 11.8. The van der Waals surface area contributed by atoms with Gasteiger partial charge in [-0.25, -0.2) is 0 Å². The van der Waals surface area contributed by atoms with Crippen molar-refractivity contribution in [3.63, 3.8) is 0 Å². The minimum Gasteiger partial charge on any atom is -0.327 e. The number of aryl methyl sites for hydroxylation is 1. The van der Waals surface area contributed by atoms with Crippen molar-refractivity contribution >= 4 is 0 Å². The SMILES string of the molecule is CC(C)C(N)CCCc1ccn(C2CCCC2)n1. The molecule has 1 aliphatic rings. The molecule has 102 valence electrons. The van der Waals surface area contributed by atoms with Gasteiger partial charge in [0.1, 0.15) is 0 Å². The average Bonchev–Trinajstić information content (AvgIpc) is 2.98. The van der Waals surface area contributed by atoms with Crippen LogP contribution in [-0.4, -0.2) is 15.8 Å². The van der Waals surface area contributed by atoms with E-state index < -0.39 is 0 Å². The molecule has 2 N–H and O–H groups in total. The second kappa shape index (κ2) is 6.37. The Labute approximate surface area is 111 Å². The molecule has 1 heterocycles. The van der Waals surface area contributed by atoms with E-state index in [1.165, 1.54) is 31.4 Å². The third-order valence-corrected chi connectivity index (χ3v) is 4.19. The normalized spacial score (nSPS) is 18.7. The molecular formula is C15H27N3. The second-order valence-electron chi connectivity index (χ2n) is 6.03. The summed E-state index contributed by atoms with van der Waals surface area (Å²) in [6.07, 6.45) is 10.8. The van der Waals surface area contributed by atoms with Crippen molar-refractivity contribution in [3.05, 3.63) is 18.0 Å². The van der Waals surface area contributed by atoms with Crippen LogP contribution in [0.15, 0.2) is 12.3 Å². The molecule has 0 amide bonds. The Balaban J connectivity index is 1.76. The molecule has 1 atom stereocenters. The van der Waals surface area contributed by atoms with E-state index in [0.717, 1.165) is 19.3 Å². The van der Waals surface area contributed by atoms with Crippen LogP contribution in [0.5, 0.6) is 0 Å². The Bertz CT molecular complexity index is 350. The molecule has 3 nitrogen and oxygen atoms in total. The van der Waals surface area contributed by atoms with Crippen LogP contribution in [0.25, 0.3) is 0 Å². The summed E-state index contributed by atoms with van der Waals surface area (Å²) in [4.78, 5) is 0. The van der Waals surface area contributed by atoms with Crippen molar-refractivity contribution in [2.75, 3.05) is 0 Å². The molecule has 3 heteroatoms. The van der Waals surface area contributed by atoms with Gasteiger partial charge in [-0.05, 0) is 44.1 Å². The highest BCUT2D eigenvalue weighted by Crippen LogP contribution is 2.28. The molecule has 0 spiro atoms. The lowest BCUT2D eigenvalue weighted by Crippen LogP contribution is -2.26. The molecule has 0 aliphatic heterocycles. The Morgan fingerprint density at radius 1 is 1.39 bits per heavy atom. The van der Waals surface area contributed by atoms with E-state index in [2.05, 4.69) is 30.8 Å². The van der Waals surface area contributed by atoms with Gasteiger partial charge >= 0.3 is 0 Å². The summed E-state index contributed by atoms with van der Waals surface area (Å²) in [6.45, 7) is 4.39. The summed E-state index contributed by atoms with van der Waals surface area (Å²) in [5, 5.41) is 4.71. The summed E-state index contributed by atoms with van der Waals surface area (Å²) in [6, 6.07) is 3.18. The lowest BCUT2D eigenvalue weighted by atomic mass is 9.99. The highest BCUT2D eigenvalue weighted by atomic mass is 15.3. The summed E-state index contributed by atoms with van der Waals surface area (Å²) in [5.41, 5.74) is 7.29. The van der Waals surface area contributed by atoms with Crippen molar-refractivity contribution < 1.29 is 0 Å². The lowest BCUT2D eigenvalue weighted by Gasteiger charge is -2.14. The molecule has 1 aromatic rings. The number of aromatic nitrogens is 2. The van der Waals surface area contributed by atoms with Crippen LogP contribution < -0.4 is 5.73 Å². The number of rotatable bonds is 6. The average molecular weight is 249 g/mol. The van der Waals surface area contributed by atoms with Crippen LogP contribution in [-0.2, 0) is 6.42 Å². The standard InChI is InChI=1S/C15H27N3/c1-12(2)15(16)9-5-6-13-10-11-18(17-13)14-7-3-4-8-14/h10-12,14-15H,3-9,16H2,1-2H3. The summed E-state index contributed by atoms with van der Waals surface area (Å²) in [5.74, 6) is 0.584. The molecule has 1 saturated carbocycles. The van der Waals surface area contributed by atoms with Gasteiger partial charge in [-0.3, -0.25) is 4.68 Å². The van der Waals surface area contributed by atoms with Crippen LogP contribution in [0.3, 0.4) is 0 Å². The minimum absolute atomic E-state index is 0.335. The van der Waals surface area contributed by atoms with Gasteiger partial charge in [0, 0.05) is 12.2 Å². The number of nitrogens with zero attached hydrogens (tertiary/aromatic N) is 2. The first-order valence-corrected chi connectivity index (χ1v) is 7.46. The summed E-state index contributed by atoms with van der Waals surface area (Å²) >= 11 is 0. The summed E-state index contributed by atoms with van der Waals surface area (Å²) in [7, 11) is 0. The molecular weight excluding hydrogens is 222 g/mol. The Morgan fingerprint density at radius 3 is 2.78 bits per heavy atom. The van der Waals surface area contributed by atoms with Gasteiger partial charge in [0.05, 0.1) is 11.7 Å². The Morgan fingerprint density at radius 2 is 2.11 bits per heavy atom. The molecule has 1 aliphatic carbocycles. The van der Waals surface area contributed by atoms with Crippen LogP contribution >= 0.6 is 0 Å². The third kappa shape index (κ3) is 3.58. The van der Waals surface area contributed by atoms with E-state index in [-0.39, 0.29) is 0 Å². The van der Waals surface area contributed by atoms with Crippen LogP contribution in [0.2, 0.25) is 0 Å².